The van der Waals surface area contributed by atoms with Gasteiger partial charge in [0.25, 0.3) is 0 Å². The van der Waals surface area contributed by atoms with Crippen LogP contribution in [0.2, 0.25) is 0 Å². The predicted octanol–water partition coefficient (Wildman–Crippen LogP) is 2.95. The van der Waals surface area contributed by atoms with Crippen LogP contribution in [0.4, 0.5) is 5.82 Å². The fourth-order valence-corrected chi connectivity index (χ4v) is 3.58. The fourth-order valence-electron chi connectivity index (χ4n) is 3.58. The average molecular weight is 359 g/mol. The molecule has 4 aromatic heterocycles. The summed E-state index contributed by atoms with van der Waals surface area (Å²) in [4.78, 5) is 9.37. The van der Waals surface area contributed by atoms with E-state index in [2.05, 4.69) is 36.4 Å². The lowest BCUT2D eigenvalue weighted by atomic mass is 10.1. The van der Waals surface area contributed by atoms with Crippen LogP contribution in [0, 0.1) is 0 Å². The molecule has 1 aliphatic heterocycles. The number of H-pyrrole nitrogens is 1. The Hall–Kier alpha value is -3.19. The van der Waals surface area contributed by atoms with Gasteiger partial charge in [0.1, 0.15) is 11.5 Å². The molecular weight excluding hydrogens is 338 g/mol. The maximum Gasteiger partial charge on any atom is 0.137 e. The molecule has 0 unspecified atom stereocenters. The smallest absolute Gasteiger partial charge is 0.137 e. The lowest BCUT2D eigenvalue weighted by molar-refractivity contribution is 0.478. The molecule has 7 heteroatoms. The molecule has 4 aromatic rings. The molecule has 0 spiro atoms. The predicted molar refractivity (Wildman–Crippen MR) is 106 cm³/mol. The molecule has 0 saturated carbocycles. The van der Waals surface area contributed by atoms with E-state index in [1.54, 1.807) is 0 Å². The Labute approximate surface area is 156 Å². The number of imidazole rings is 1. The minimum Gasteiger partial charge on any atom is -0.367 e. The summed E-state index contributed by atoms with van der Waals surface area (Å²) in [6.07, 6.45) is 8.00. The van der Waals surface area contributed by atoms with Crippen molar-refractivity contribution >= 4 is 11.5 Å². The van der Waals surface area contributed by atoms with Gasteiger partial charge in [-0.25, -0.2) is 9.97 Å². The molecule has 5 heterocycles. The van der Waals surface area contributed by atoms with Crippen molar-refractivity contribution in [3.05, 3.63) is 55.0 Å². The van der Waals surface area contributed by atoms with Gasteiger partial charge in [0.2, 0.25) is 0 Å². The van der Waals surface area contributed by atoms with Crippen LogP contribution in [-0.2, 0) is 0 Å². The van der Waals surface area contributed by atoms with Crippen LogP contribution in [-0.4, -0.2) is 43.7 Å². The van der Waals surface area contributed by atoms with Crippen molar-refractivity contribution in [1.82, 2.24) is 29.9 Å². The summed E-state index contributed by atoms with van der Waals surface area (Å²) in [5.74, 6) is 0.915. The van der Waals surface area contributed by atoms with Gasteiger partial charge in [0.05, 0.1) is 23.3 Å². The number of hydrogen-bond donors (Lipinski definition) is 3. The molecule has 5 rings (SSSR count). The Morgan fingerprint density at radius 3 is 2.81 bits per heavy atom. The van der Waals surface area contributed by atoms with Gasteiger partial charge in [-0.1, -0.05) is 6.07 Å². The molecule has 0 amide bonds. The van der Waals surface area contributed by atoms with Crippen LogP contribution in [0.25, 0.3) is 28.3 Å². The Balaban J connectivity index is 1.49. The third-order valence-electron chi connectivity index (χ3n) is 5.00. The highest BCUT2D eigenvalue weighted by atomic mass is 15.1. The second kappa shape index (κ2) is 6.85. The maximum absolute atomic E-state index is 4.84. The first-order valence-electron chi connectivity index (χ1n) is 9.29. The van der Waals surface area contributed by atoms with Crippen molar-refractivity contribution in [1.29, 1.82) is 0 Å². The Bertz CT molecular complexity index is 1050. The minimum absolute atomic E-state index is 0.474. The van der Waals surface area contributed by atoms with Gasteiger partial charge < -0.3 is 10.6 Å². The highest BCUT2D eigenvalue weighted by Crippen LogP contribution is 2.24. The van der Waals surface area contributed by atoms with E-state index >= 15 is 0 Å². The SMILES string of the molecule is c1cc(NC2CCNCC2)nc(-c2cnc3ccc(-c4cc[nH]n4)cn23)c1. The van der Waals surface area contributed by atoms with Crippen molar-refractivity contribution in [2.45, 2.75) is 18.9 Å². The zero-order valence-corrected chi connectivity index (χ0v) is 14.9. The molecule has 0 bridgehead atoms. The monoisotopic (exact) mass is 359 g/mol. The second-order valence-electron chi connectivity index (χ2n) is 6.83. The summed E-state index contributed by atoms with van der Waals surface area (Å²) >= 11 is 0. The molecule has 0 aromatic carbocycles. The van der Waals surface area contributed by atoms with Crippen LogP contribution < -0.4 is 10.6 Å². The number of pyridine rings is 2. The molecule has 7 nitrogen and oxygen atoms in total. The zero-order valence-electron chi connectivity index (χ0n) is 14.9. The van der Waals surface area contributed by atoms with Crippen LogP contribution in [0.3, 0.4) is 0 Å². The van der Waals surface area contributed by atoms with E-state index in [1.807, 2.05) is 48.8 Å². The molecule has 1 fully saturated rings. The average Bonchev–Trinajstić information content (AvgIpc) is 3.38. The highest BCUT2D eigenvalue weighted by Gasteiger charge is 2.14. The van der Waals surface area contributed by atoms with Crippen LogP contribution in [0.5, 0.6) is 0 Å². The number of rotatable bonds is 4. The third-order valence-corrected chi connectivity index (χ3v) is 5.00. The quantitative estimate of drug-likeness (QED) is 0.522. The minimum atomic E-state index is 0.474. The topological polar surface area (TPSA) is 82.9 Å². The number of anilines is 1. The third kappa shape index (κ3) is 3.17. The van der Waals surface area contributed by atoms with E-state index < -0.39 is 0 Å². The molecular formula is C20H21N7. The number of nitrogens with one attached hydrogen (secondary N) is 3. The van der Waals surface area contributed by atoms with E-state index in [-0.39, 0.29) is 0 Å². The summed E-state index contributed by atoms with van der Waals surface area (Å²) in [6.45, 7) is 2.11. The van der Waals surface area contributed by atoms with Crippen molar-refractivity contribution < 1.29 is 0 Å². The fraction of sp³-hybridized carbons (Fsp3) is 0.250. The number of aromatic nitrogens is 5. The van der Waals surface area contributed by atoms with E-state index in [4.69, 9.17) is 4.98 Å². The summed E-state index contributed by atoms with van der Waals surface area (Å²) < 4.78 is 2.07. The van der Waals surface area contributed by atoms with Gasteiger partial charge in [-0.15, -0.1) is 0 Å². The van der Waals surface area contributed by atoms with Gasteiger partial charge in [0.15, 0.2) is 0 Å². The summed E-state index contributed by atoms with van der Waals surface area (Å²) in [5.41, 5.74) is 4.71. The van der Waals surface area contributed by atoms with E-state index in [9.17, 15) is 0 Å². The van der Waals surface area contributed by atoms with Crippen molar-refractivity contribution in [2.24, 2.45) is 0 Å². The Kier molecular flexibility index (Phi) is 4.06. The van der Waals surface area contributed by atoms with Crippen LogP contribution >= 0.6 is 0 Å². The lowest BCUT2D eigenvalue weighted by Gasteiger charge is -2.24. The first-order valence-corrected chi connectivity index (χ1v) is 9.29. The summed E-state index contributed by atoms with van der Waals surface area (Å²) in [6, 6.07) is 12.6. The number of piperidine rings is 1. The molecule has 0 aliphatic carbocycles. The van der Waals surface area contributed by atoms with Crippen molar-refractivity contribution in [2.75, 3.05) is 18.4 Å². The van der Waals surface area contributed by atoms with Gasteiger partial charge in [-0.3, -0.25) is 9.50 Å². The van der Waals surface area contributed by atoms with Crippen LogP contribution in [0.1, 0.15) is 12.8 Å². The molecule has 136 valence electrons. The standard InChI is InChI=1S/C20H21N7/c1-2-17(25-19(3-1)24-15-6-9-21-10-7-15)18-12-22-20-5-4-14(13-27(18)20)16-8-11-23-26-16/h1-5,8,11-13,15,21H,6-7,9-10H2,(H,23,26)(H,24,25). The molecule has 0 radical (unpaired) electrons. The number of aromatic amines is 1. The van der Waals surface area contributed by atoms with Crippen molar-refractivity contribution in [3.8, 4) is 22.6 Å². The van der Waals surface area contributed by atoms with E-state index in [0.29, 0.717) is 6.04 Å². The lowest BCUT2D eigenvalue weighted by Crippen LogP contribution is -2.35. The van der Waals surface area contributed by atoms with Gasteiger partial charge in [-0.05, 0) is 56.3 Å². The van der Waals surface area contributed by atoms with Crippen molar-refractivity contribution in [3.63, 3.8) is 0 Å². The molecule has 1 aliphatic rings. The molecule has 27 heavy (non-hydrogen) atoms. The zero-order chi connectivity index (χ0) is 18.1. The van der Waals surface area contributed by atoms with E-state index in [0.717, 1.165) is 60.0 Å². The number of hydrogen-bond acceptors (Lipinski definition) is 5. The molecule has 3 N–H and O–H groups in total. The van der Waals surface area contributed by atoms with Gasteiger partial charge in [0, 0.05) is 24.0 Å². The second-order valence-corrected chi connectivity index (χ2v) is 6.83. The highest BCUT2D eigenvalue weighted by molar-refractivity contribution is 5.66. The maximum atomic E-state index is 4.84. The summed E-state index contributed by atoms with van der Waals surface area (Å²) in [7, 11) is 0. The van der Waals surface area contributed by atoms with Gasteiger partial charge >= 0.3 is 0 Å². The number of nitrogens with zero attached hydrogens (tertiary/aromatic N) is 4. The first kappa shape index (κ1) is 16.0. The summed E-state index contributed by atoms with van der Waals surface area (Å²) in [5, 5.41) is 14.1. The first-order chi connectivity index (χ1) is 13.4. The Morgan fingerprint density at radius 2 is 1.96 bits per heavy atom. The largest absolute Gasteiger partial charge is 0.367 e. The normalized spacial score (nSPS) is 15.3. The van der Waals surface area contributed by atoms with E-state index in [1.165, 1.54) is 0 Å². The molecule has 1 saturated heterocycles. The van der Waals surface area contributed by atoms with Crippen LogP contribution in [0.15, 0.2) is 55.0 Å². The Morgan fingerprint density at radius 1 is 1.04 bits per heavy atom. The van der Waals surface area contributed by atoms with Gasteiger partial charge in [-0.2, -0.15) is 5.10 Å². The molecule has 0 atom stereocenters. The number of fused-ring (bicyclic) bond motifs is 1.